The molecule has 0 aliphatic rings. The van der Waals surface area contributed by atoms with Crippen LogP contribution in [0, 0.1) is 6.92 Å². The Morgan fingerprint density at radius 3 is 2.68 bits per heavy atom. The molecule has 1 aromatic rings. The molecular formula is C11H22IN5O2. The van der Waals surface area contributed by atoms with Crippen molar-refractivity contribution in [2.24, 2.45) is 4.99 Å². The van der Waals surface area contributed by atoms with Crippen LogP contribution in [0.4, 0.5) is 0 Å². The first-order chi connectivity index (χ1) is 8.76. The second kappa shape index (κ2) is 11.0. The zero-order valence-corrected chi connectivity index (χ0v) is 13.9. The predicted octanol–water partition coefficient (Wildman–Crippen LogP) is 0.740. The van der Waals surface area contributed by atoms with Crippen molar-refractivity contribution in [1.29, 1.82) is 0 Å². The molecule has 0 aliphatic carbocycles. The highest BCUT2D eigenvalue weighted by atomic mass is 127. The van der Waals surface area contributed by atoms with Crippen molar-refractivity contribution in [2.45, 2.75) is 19.8 Å². The maximum absolute atomic E-state index is 5.01. The van der Waals surface area contributed by atoms with Gasteiger partial charge in [-0.1, -0.05) is 5.16 Å². The van der Waals surface area contributed by atoms with Crippen molar-refractivity contribution in [3.63, 3.8) is 0 Å². The van der Waals surface area contributed by atoms with Crippen LogP contribution in [0.15, 0.2) is 9.52 Å². The smallest absolute Gasteiger partial charge is 0.228 e. The second-order valence-corrected chi connectivity index (χ2v) is 3.76. The van der Waals surface area contributed by atoms with E-state index in [0.717, 1.165) is 25.5 Å². The van der Waals surface area contributed by atoms with Crippen molar-refractivity contribution < 1.29 is 9.26 Å². The first-order valence-corrected chi connectivity index (χ1v) is 5.99. The van der Waals surface area contributed by atoms with Crippen LogP contribution in [0.5, 0.6) is 0 Å². The lowest BCUT2D eigenvalue weighted by molar-refractivity contribution is 0.195. The van der Waals surface area contributed by atoms with E-state index < -0.39 is 0 Å². The van der Waals surface area contributed by atoms with Gasteiger partial charge in [-0.15, -0.1) is 24.0 Å². The Hall–Kier alpha value is -0.900. The van der Waals surface area contributed by atoms with Crippen LogP contribution in [0.2, 0.25) is 0 Å². The number of rotatable bonds is 7. The van der Waals surface area contributed by atoms with E-state index in [1.807, 2.05) is 0 Å². The van der Waals surface area contributed by atoms with Crippen LogP contribution in [0.3, 0.4) is 0 Å². The molecule has 0 saturated heterocycles. The molecule has 2 N–H and O–H groups in total. The number of methoxy groups -OCH3 is 1. The van der Waals surface area contributed by atoms with Gasteiger partial charge in [-0.3, -0.25) is 4.99 Å². The van der Waals surface area contributed by atoms with Crippen LogP contribution >= 0.6 is 24.0 Å². The minimum absolute atomic E-state index is 0. The van der Waals surface area contributed by atoms with Crippen LogP contribution < -0.4 is 10.6 Å². The van der Waals surface area contributed by atoms with Crippen molar-refractivity contribution in [3.05, 3.63) is 11.7 Å². The number of ether oxygens (including phenoxy) is 1. The van der Waals surface area contributed by atoms with Crippen LogP contribution in [0.25, 0.3) is 0 Å². The zero-order chi connectivity index (χ0) is 13.2. The Balaban J connectivity index is 0.00000324. The van der Waals surface area contributed by atoms with Crippen LogP contribution in [-0.2, 0) is 11.2 Å². The van der Waals surface area contributed by atoms with Gasteiger partial charge in [-0.05, 0) is 13.3 Å². The fraction of sp³-hybridized carbons (Fsp3) is 0.727. The first kappa shape index (κ1) is 18.1. The summed E-state index contributed by atoms with van der Waals surface area (Å²) in [6.45, 7) is 4.07. The van der Waals surface area contributed by atoms with E-state index in [1.54, 1.807) is 21.1 Å². The van der Waals surface area contributed by atoms with Crippen molar-refractivity contribution in [1.82, 2.24) is 20.8 Å². The standard InChI is InChI=1S/C11H21N5O2.HI/c1-9-15-10(18-16-9)5-7-14-11(12-2)13-6-4-8-17-3;/h4-8H2,1-3H3,(H2,12,13,14);1H. The summed E-state index contributed by atoms with van der Waals surface area (Å²) in [6.07, 6.45) is 1.62. The average Bonchev–Trinajstić information content (AvgIpc) is 2.78. The Bertz CT molecular complexity index is 370. The Morgan fingerprint density at radius 2 is 2.11 bits per heavy atom. The number of aliphatic imine (C=N–C) groups is 1. The van der Waals surface area contributed by atoms with Crippen LogP contribution in [0.1, 0.15) is 18.1 Å². The third-order valence-corrected chi connectivity index (χ3v) is 2.24. The summed E-state index contributed by atoms with van der Waals surface area (Å²) in [5.74, 6) is 2.06. The van der Waals surface area contributed by atoms with Gasteiger partial charge in [-0.2, -0.15) is 4.98 Å². The minimum Gasteiger partial charge on any atom is -0.385 e. The molecule has 1 aromatic heterocycles. The SMILES string of the molecule is CN=C(NCCCOC)NCCc1nc(C)no1.I. The molecule has 7 nitrogen and oxygen atoms in total. The number of nitrogens with one attached hydrogen (secondary N) is 2. The van der Waals surface area contributed by atoms with E-state index in [1.165, 1.54) is 0 Å². The van der Waals surface area contributed by atoms with E-state index >= 15 is 0 Å². The highest BCUT2D eigenvalue weighted by Gasteiger charge is 2.02. The summed E-state index contributed by atoms with van der Waals surface area (Å²) >= 11 is 0. The number of halogens is 1. The van der Waals surface area contributed by atoms with Gasteiger partial charge in [0.25, 0.3) is 0 Å². The molecule has 0 aromatic carbocycles. The molecular weight excluding hydrogens is 361 g/mol. The van der Waals surface area contributed by atoms with E-state index in [2.05, 4.69) is 25.8 Å². The summed E-state index contributed by atoms with van der Waals surface area (Å²) in [7, 11) is 3.43. The summed E-state index contributed by atoms with van der Waals surface area (Å²) < 4.78 is 9.99. The third-order valence-electron chi connectivity index (χ3n) is 2.24. The van der Waals surface area contributed by atoms with E-state index in [9.17, 15) is 0 Å². The first-order valence-electron chi connectivity index (χ1n) is 5.99. The fourth-order valence-corrected chi connectivity index (χ4v) is 1.37. The molecule has 0 spiro atoms. The van der Waals surface area contributed by atoms with Crippen molar-refractivity contribution >= 4 is 29.9 Å². The zero-order valence-electron chi connectivity index (χ0n) is 11.6. The van der Waals surface area contributed by atoms with Gasteiger partial charge < -0.3 is 19.9 Å². The number of guanidine groups is 1. The van der Waals surface area contributed by atoms with Gasteiger partial charge in [0.1, 0.15) is 0 Å². The highest BCUT2D eigenvalue weighted by Crippen LogP contribution is 1.95. The summed E-state index contributed by atoms with van der Waals surface area (Å²) in [4.78, 5) is 8.23. The lowest BCUT2D eigenvalue weighted by Gasteiger charge is -2.10. The van der Waals surface area contributed by atoms with Gasteiger partial charge in [0.05, 0.1) is 0 Å². The van der Waals surface area contributed by atoms with Gasteiger partial charge in [0, 0.05) is 40.3 Å². The number of hydrogen-bond acceptors (Lipinski definition) is 5. The summed E-state index contributed by atoms with van der Waals surface area (Å²) in [6, 6.07) is 0. The molecule has 0 amide bonds. The summed E-state index contributed by atoms with van der Waals surface area (Å²) in [5, 5.41) is 10.1. The lowest BCUT2D eigenvalue weighted by Crippen LogP contribution is -2.39. The molecule has 0 atom stereocenters. The number of nitrogens with zero attached hydrogens (tertiary/aromatic N) is 3. The highest BCUT2D eigenvalue weighted by molar-refractivity contribution is 14.0. The van der Waals surface area contributed by atoms with Crippen LogP contribution in [-0.4, -0.2) is 50.0 Å². The maximum atomic E-state index is 5.01. The van der Waals surface area contributed by atoms with E-state index in [-0.39, 0.29) is 24.0 Å². The summed E-state index contributed by atoms with van der Waals surface area (Å²) in [5.41, 5.74) is 0. The Kier molecular flexibility index (Phi) is 10.5. The molecule has 110 valence electrons. The van der Waals surface area contributed by atoms with Gasteiger partial charge in [-0.25, -0.2) is 0 Å². The average molecular weight is 383 g/mol. The Morgan fingerprint density at radius 1 is 1.37 bits per heavy atom. The quantitative estimate of drug-likeness (QED) is 0.313. The molecule has 0 fully saturated rings. The van der Waals surface area contributed by atoms with Gasteiger partial charge >= 0.3 is 0 Å². The largest absolute Gasteiger partial charge is 0.385 e. The van der Waals surface area contributed by atoms with Gasteiger partial charge in [0.15, 0.2) is 11.8 Å². The number of aromatic nitrogens is 2. The molecule has 0 aliphatic heterocycles. The molecule has 0 saturated carbocycles. The molecule has 8 heteroatoms. The van der Waals surface area contributed by atoms with Crippen molar-refractivity contribution in [3.8, 4) is 0 Å². The maximum Gasteiger partial charge on any atom is 0.228 e. The minimum atomic E-state index is 0. The normalized spacial score (nSPS) is 11.0. The molecule has 0 radical (unpaired) electrons. The molecule has 1 heterocycles. The number of hydrogen-bond donors (Lipinski definition) is 2. The topological polar surface area (TPSA) is 84.6 Å². The predicted molar refractivity (Wildman–Crippen MR) is 84.0 cm³/mol. The molecule has 1 rings (SSSR count). The molecule has 19 heavy (non-hydrogen) atoms. The number of aryl methyl sites for hydroxylation is 1. The fourth-order valence-electron chi connectivity index (χ4n) is 1.37. The van der Waals surface area contributed by atoms with Crippen molar-refractivity contribution in [2.75, 3.05) is 33.9 Å². The third kappa shape index (κ3) is 7.98. The van der Waals surface area contributed by atoms with E-state index in [0.29, 0.717) is 24.7 Å². The van der Waals surface area contributed by atoms with Gasteiger partial charge in [0.2, 0.25) is 5.89 Å². The molecule has 0 unspecified atom stereocenters. The molecule has 0 bridgehead atoms. The second-order valence-electron chi connectivity index (χ2n) is 3.76. The van der Waals surface area contributed by atoms with E-state index in [4.69, 9.17) is 9.26 Å². The Labute approximate surface area is 130 Å². The lowest BCUT2D eigenvalue weighted by atomic mass is 10.4. The monoisotopic (exact) mass is 383 g/mol.